The fraction of sp³-hybridized carbons (Fsp3) is 0.857. The SMILES string of the molecule is CC(C)C(CCBr)C(=O)O. The van der Waals surface area contributed by atoms with Crippen LogP contribution in [0.15, 0.2) is 0 Å². The van der Waals surface area contributed by atoms with Crippen LogP contribution in [0.1, 0.15) is 20.3 Å². The van der Waals surface area contributed by atoms with Gasteiger partial charge in [-0.1, -0.05) is 29.8 Å². The van der Waals surface area contributed by atoms with Crippen molar-refractivity contribution in [3.8, 4) is 0 Å². The third-order valence-corrected chi connectivity index (χ3v) is 2.00. The highest BCUT2D eigenvalue weighted by molar-refractivity contribution is 9.09. The Hall–Kier alpha value is -0.0500. The lowest BCUT2D eigenvalue weighted by Gasteiger charge is -2.13. The number of rotatable bonds is 4. The average molecular weight is 209 g/mol. The van der Waals surface area contributed by atoms with E-state index in [9.17, 15) is 4.79 Å². The zero-order valence-electron chi connectivity index (χ0n) is 6.30. The van der Waals surface area contributed by atoms with Gasteiger partial charge in [0.15, 0.2) is 0 Å². The highest BCUT2D eigenvalue weighted by atomic mass is 79.9. The number of carboxylic acids is 1. The monoisotopic (exact) mass is 208 g/mol. The van der Waals surface area contributed by atoms with Crippen molar-refractivity contribution in [3.05, 3.63) is 0 Å². The molecule has 0 amide bonds. The molecule has 0 saturated carbocycles. The molecule has 10 heavy (non-hydrogen) atoms. The molecule has 60 valence electrons. The summed E-state index contributed by atoms with van der Waals surface area (Å²) >= 11 is 3.22. The van der Waals surface area contributed by atoms with Crippen LogP contribution < -0.4 is 0 Å². The van der Waals surface area contributed by atoms with E-state index in [1.165, 1.54) is 0 Å². The summed E-state index contributed by atoms with van der Waals surface area (Å²) in [6, 6.07) is 0. The molecule has 1 N–H and O–H groups in total. The van der Waals surface area contributed by atoms with Gasteiger partial charge in [0.05, 0.1) is 5.92 Å². The van der Waals surface area contributed by atoms with Gasteiger partial charge in [-0.25, -0.2) is 0 Å². The molecular formula is C7H13BrO2. The van der Waals surface area contributed by atoms with Gasteiger partial charge in [0.25, 0.3) is 0 Å². The molecule has 0 heterocycles. The number of hydrogen-bond acceptors (Lipinski definition) is 1. The predicted octanol–water partition coefficient (Wildman–Crippen LogP) is 2.13. The molecule has 0 saturated heterocycles. The van der Waals surface area contributed by atoms with Gasteiger partial charge in [-0.15, -0.1) is 0 Å². The lowest BCUT2D eigenvalue weighted by Crippen LogP contribution is -2.19. The molecule has 0 bridgehead atoms. The maximum atomic E-state index is 10.5. The number of aliphatic carboxylic acids is 1. The van der Waals surface area contributed by atoms with E-state index >= 15 is 0 Å². The Morgan fingerprint density at radius 3 is 2.20 bits per heavy atom. The second-order valence-corrected chi connectivity index (χ2v) is 3.46. The summed E-state index contributed by atoms with van der Waals surface area (Å²) in [4.78, 5) is 10.5. The van der Waals surface area contributed by atoms with E-state index in [2.05, 4.69) is 15.9 Å². The minimum atomic E-state index is -0.686. The molecule has 0 aromatic rings. The molecule has 2 nitrogen and oxygen atoms in total. The minimum Gasteiger partial charge on any atom is -0.481 e. The number of hydrogen-bond donors (Lipinski definition) is 1. The van der Waals surface area contributed by atoms with E-state index in [4.69, 9.17) is 5.11 Å². The summed E-state index contributed by atoms with van der Waals surface area (Å²) < 4.78 is 0. The van der Waals surface area contributed by atoms with Crippen LogP contribution in [0, 0.1) is 11.8 Å². The van der Waals surface area contributed by atoms with Gasteiger partial charge in [-0.05, 0) is 12.3 Å². The molecule has 0 aromatic heterocycles. The van der Waals surface area contributed by atoms with Crippen molar-refractivity contribution < 1.29 is 9.90 Å². The van der Waals surface area contributed by atoms with Crippen LogP contribution in [0.25, 0.3) is 0 Å². The first kappa shape index (κ1) is 9.95. The van der Waals surface area contributed by atoms with Gasteiger partial charge < -0.3 is 5.11 Å². The number of carboxylic acid groups (broad SMARTS) is 1. The van der Waals surface area contributed by atoms with Crippen molar-refractivity contribution in [2.45, 2.75) is 20.3 Å². The summed E-state index contributed by atoms with van der Waals surface area (Å²) in [6.07, 6.45) is 0.715. The van der Waals surface area contributed by atoms with Crippen molar-refractivity contribution >= 4 is 21.9 Å². The number of halogens is 1. The molecular weight excluding hydrogens is 196 g/mol. The average Bonchev–Trinajstić information content (AvgIpc) is 1.81. The summed E-state index contributed by atoms with van der Waals surface area (Å²) in [7, 11) is 0. The lowest BCUT2D eigenvalue weighted by atomic mass is 9.94. The molecule has 0 aliphatic heterocycles. The quantitative estimate of drug-likeness (QED) is 0.720. The summed E-state index contributed by atoms with van der Waals surface area (Å²) in [5.74, 6) is -0.649. The Bertz CT molecular complexity index is 112. The zero-order valence-corrected chi connectivity index (χ0v) is 7.89. The second-order valence-electron chi connectivity index (χ2n) is 2.67. The van der Waals surface area contributed by atoms with Crippen molar-refractivity contribution in [1.82, 2.24) is 0 Å². The van der Waals surface area contributed by atoms with E-state index in [0.717, 1.165) is 5.33 Å². The first-order valence-electron chi connectivity index (χ1n) is 3.38. The number of carbonyl (C=O) groups is 1. The standard InChI is InChI=1S/C7H13BrO2/c1-5(2)6(3-4-8)7(9)10/h5-6H,3-4H2,1-2H3,(H,9,10). The van der Waals surface area contributed by atoms with Crippen molar-refractivity contribution in [3.63, 3.8) is 0 Å². The van der Waals surface area contributed by atoms with Crippen LogP contribution in [0.3, 0.4) is 0 Å². The molecule has 1 atom stereocenters. The van der Waals surface area contributed by atoms with Crippen LogP contribution in [0.2, 0.25) is 0 Å². The van der Waals surface area contributed by atoms with Crippen LogP contribution >= 0.6 is 15.9 Å². The summed E-state index contributed by atoms with van der Waals surface area (Å²) in [6.45, 7) is 3.86. The Labute approximate surface area is 69.8 Å². The molecule has 0 aliphatic rings. The third kappa shape index (κ3) is 3.20. The maximum absolute atomic E-state index is 10.5. The molecule has 3 heteroatoms. The van der Waals surface area contributed by atoms with Crippen LogP contribution in [-0.4, -0.2) is 16.4 Å². The molecule has 0 fully saturated rings. The maximum Gasteiger partial charge on any atom is 0.306 e. The second kappa shape index (κ2) is 4.72. The highest BCUT2D eigenvalue weighted by Crippen LogP contribution is 2.15. The van der Waals surface area contributed by atoms with E-state index in [0.29, 0.717) is 6.42 Å². The van der Waals surface area contributed by atoms with Gasteiger partial charge in [0, 0.05) is 5.33 Å². The van der Waals surface area contributed by atoms with Gasteiger partial charge in [-0.3, -0.25) is 4.79 Å². The molecule has 0 rings (SSSR count). The summed E-state index contributed by atoms with van der Waals surface area (Å²) in [5, 5.41) is 9.42. The zero-order chi connectivity index (χ0) is 8.15. The first-order chi connectivity index (χ1) is 4.59. The van der Waals surface area contributed by atoms with Crippen LogP contribution in [0.4, 0.5) is 0 Å². The van der Waals surface area contributed by atoms with E-state index < -0.39 is 5.97 Å². The minimum absolute atomic E-state index is 0.195. The highest BCUT2D eigenvalue weighted by Gasteiger charge is 2.19. The predicted molar refractivity (Wildman–Crippen MR) is 44.4 cm³/mol. The molecule has 0 aliphatic carbocycles. The Kier molecular flexibility index (Phi) is 4.69. The number of alkyl halides is 1. The topological polar surface area (TPSA) is 37.3 Å². The Morgan fingerprint density at radius 2 is 2.10 bits per heavy atom. The fourth-order valence-electron chi connectivity index (χ4n) is 0.860. The lowest BCUT2D eigenvalue weighted by molar-refractivity contribution is -0.143. The van der Waals surface area contributed by atoms with Gasteiger partial charge in [-0.2, -0.15) is 0 Å². The van der Waals surface area contributed by atoms with E-state index in [1.807, 2.05) is 13.8 Å². The third-order valence-electron chi connectivity index (χ3n) is 1.54. The Morgan fingerprint density at radius 1 is 1.60 bits per heavy atom. The van der Waals surface area contributed by atoms with Crippen LogP contribution in [-0.2, 0) is 4.79 Å². The smallest absolute Gasteiger partial charge is 0.306 e. The molecule has 1 unspecified atom stereocenters. The van der Waals surface area contributed by atoms with Gasteiger partial charge >= 0.3 is 5.97 Å². The largest absolute Gasteiger partial charge is 0.481 e. The van der Waals surface area contributed by atoms with Crippen LogP contribution in [0.5, 0.6) is 0 Å². The van der Waals surface area contributed by atoms with Crippen molar-refractivity contribution in [2.75, 3.05) is 5.33 Å². The normalized spacial score (nSPS) is 13.6. The summed E-state index contributed by atoms with van der Waals surface area (Å²) in [5.41, 5.74) is 0. The first-order valence-corrected chi connectivity index (χ1v) is 4.50. The van der Waals surface area contributed by atoms with Gasteiger partial charge in [0.1, 0.15) is 0 Å². The fourth-order valence-corrected chi connectivity index (χ4v) is 1.35. The van der Waals surface area contributed by atoms with E-state index in [1.54, 1.807) is 0 Å². The van der Waals surface area contributed by atoms with Crippen molar-refractivity contribution in [1.29, 1.82) is 0 Å². The molecule has 0 spiro atoms. The molecule has 0 aromatic carbocycles. The van der Waals surface area contributed by atoms with Gasteiger partial charge in [0.2, 0.25) is 0 Å². The van der Waals surface area contributed by atoms with Crippen molar-refractivity contribution in [2.24, 2.45) is 11.8 Å². The Balaban J connectivity index is 3.85. The van der Waals surface area contributed by atoms with E-state index in [-0.39, 0.29) is 11.8 Å². The molecule has 0 radical (unpaired) electrons.